The first-order chi connectivity index (χ1) is 11.2. The number of rotatable bonds is 2. The fourth-order valence-corrected chi connectivity index (χ4v) is 2.51. The molecule has 0 saturated heterocycles. The number of carbonyl (C=O) groups is 1. The van der Waals surface area contributed by atoms with Crippen molar-refractivity contribution in [3.05, 3.63) is 66.2 Å². The van der Waals surface area contributed by atoms with Gasteiger partial charge >= 0.3 is 0 Å². The summed E-state index contributed by atoms with van der Waals surface area (Å²) in [5.41, 5.74) is 3.24. The molecule has 4 rings (SSSR count). The lowest BCUT2D eigenvalue weighted by molar-refractivity contribution is 0.102. The summed E-state index contributed by atoms with van der Waals surface area (Å²) in [6, 6.07) is 16.7. The molecule has 2 aromatic heterocycles. The summed E-state index contributed by atoms with van der Waals surface area (Å²) in [7, 11) is 0. The van der Waals surface area contributed by atoms with Gasteiger partial charge in [-0.1, -0.05) is 24.3 Å². The van der Waals surface area contributed by atoms with Crippen molar-refractivity contribution >= 4 is 33.6 Å². The number of carbonyl (C=O) groups excluding carboxylic acids is 1. The minimum Gasteiger partial charge on any atom is -0.441 e. The predicted molar refractivity (Wildman–Crippen MR) is 88.4 cm³/mol. The van der Waals surface area contributed by atoms with Crippen LogP contribution < -0.4 is 5.32 Å². The summed E-state index contributed by atoms with van der Waals surface area (Å²) >= 11 is 0. The van der Waals surface area contributed by atoms with Crippen molar-refractivity contribution in [2.45, 2.75) is 6.92 Å². The normalized spacial score (nSPS) is 11.0. The molecule has 112 valence electrons. The number of benzene rings is 2. The van der Waals surface area contributed by atoms with Crippen LogP contribution in [0.2, 0.25) is 0 Å². The zero-order valence-corrected chi connectivity index (χ0v) is 12.4. The van der Waals surface area contributed by atoms with Gasteiger partial charge in [-0.05, 0) is 30.3 Å². The summed E-state index contributed by atoms with van der Waals surface area (Å²) in [5, 5.41) is 3.84. The molecule has 4 aromatic rings. The Kier molecular flexibility index (Phi) is 3.05. The van der Waals surface area contributed by atoms with Gasteiger partial charge in [0.15, 0.2) is 11.5 Å². The third-order valence-corrected chi connectivity index (χ3v) is 3.58. The quantitative estimate of drug-likeness (QED) is 0.609. The molecular formula is C18H13N3O2. The summed E-state index contributed by atoms with van der Waals surface area (Å²) in [4.78, 5) is 21.0. The first-order valence-electron chi connectivity index (χ1n) is 7.23. The highest BCUT2D eigenvalue weighted by Crippen LogP contribution is 2.20. The van der Waals surface area contributed by atoms with Crippen molar-refractivity contribution in [1.29, 1.82) is 0 Å². The van der Waals surface area contributed by atoms with E-state index in [-0.39, 0.29) is 5.91 Å². The molecule has 0 aliphatic carbocycles. The van der Waals surface area contributed by atoms with Crippen LogP contribution in [0.25, 0.3) is 22.0 Å². The van der Waals surface area contributed by atoms with E-state index in [1.165, 1.54) is 0 Å². The number of aryl methyl sites for hydroxylation is 1. The molecule has 0 saturated carbocycles. The average molecular weight is 303 g/mol. The third kappa shape index (κ3) is 2.53. The van der Waals surface area contributed by atoms with Crippen molar-refractivity contribution < 1.29 is 9.21 Å². The van der Waals surface area contributed by atoms with E-state index in [2.05, 4.69) is 15.3 Å². The third-order valence-electron chi connectivity index (χ3n) is 3.58. The van der Waals surface area contributed by atoms with Crippen molar-refractivity contribution in [2.75, 3.05) is 5.32 Å². The second kappa shape index (κ2) is 5.21. The number of oxazole rings is 1. The highest BCUT2D eigenvalue weighted by Gasteiger charge is 2.10. The van der Waals surface area contributed by atoms with Crippen LogP contribution in [0.3, 0.4) is 0 Å². The Morgan fingerprint density at radius 1 is 1.00 bits per heavy atom. The molecule has 0 aliphatic rings. The largest absolute Gasteiger partial charge is 0.441 e. The number of hydrogen-bond donors (Lipinski definition) is 1. The maximum atomic E-state index is 12.4. The summed E-state index contributed by atoms with van der Waals surface area (Å²) in [6.45, 7) is 1.79. The molecule has 0 aliphatic heterocycles. The number of amides is 1. The molecule has 5 heteroatoms. The van der Waals surface area contributed by atoms with Crippen LogP contribution in [0.15, 0.2) is 59.0 Å². The van der Waals surface area contributed by atoms with Crippen LogP contribution >= 0.6 is 0 Å². The minimum atomic E-state index is -0.254. The van der Waals surface area contributed by atoms with Gasteiger partial charge in [-0.25, -0.2) is 9.97 Å². The van der Waals surface area contributed by atoms with Crippen LogP contribution in [-0.4, -0.2) is 15.9 Å². The molecule has 0 unspecified atom stereocenters. The number of fused-ring (bicyclic) bond motifs is 2. The van der Waals surface area contributed by atoms with Gasteiger partial charge in [0.2, 0.25) is 0 Å². The Bertz CT molecular complexity index is 1040. The number of hydrogen-bond acceptors (Lipinski definition) is 4. The predicted octanol–water partition coefficient (Wildman–Crippen LogP) is 3.94. The van der Waals surface area contributed by atoms with Crippen molar-refractivity contribution in [1.82, 2.24) is 9.97 Å². The van der Waals surface area contributed by atoms with Crippen LogP contribution in [0.5, 0.6) is 0 Å². The van der Waals surface area contributed by atoms with Crippen LogP contribution in [0.1, 0.15) is 16.4 Å². The molecule has 0 radical (unpaired) electrons. The lowest BCUT2D eigenvalue weighted by Crippen LogP contribution is -2.13. The van der Waals surface area contributed by atoms with E-state index >= 15 is 0 Å². The number of anilines is 1. The second-order valence-electron chi connectivity index (χ2n) is 5.26. The molecule has 0 fully saturated rings. The summed E-state index contributed by atoms with van der Waals surface area (Å²) in [5.74, 6) is 0.343. The van der Waals surface area contributed by atoms with E-state index in [0.717, 1.165) is 10.9 Å². The molecule has 2 aromatic carbocycles. The first-order valence-corrected chi connectivity index (χ1v) is 7.23. The molecule has 0 atom stereocenters. The highest BCUT2D eigenvalue weighted by molar-refractivity contribution is 6.04. The Morgan fingerprint density at radius 2 is 1.87 bits per heavy atom. The molecule has 0 bridgehead atoms. The number of nitrogens with zero attached hydrogens (tertiary/aromatic N) is 2. The van der Waals surface area contributed by atoms with Crippen molar-refractivity contribution in [3.63, 3.8) is 0 Å². The summed E-state index contributed by atoms with van der Waals surface area (Å²) in [6.07, 6.45) is 0. The van der Waals surface area contributed by atoms with Gasteiger partial charge in [-0.15, -0.1) is 0 Å². The zero-order valence-electron chi connectivity index (χ0n) is 12.4. The van der Waals surface area contributed by atoms with E-state index in [1.54, 1.807) is 31.2 Å². The monoisotopic (exact) mass is 303 g/mol. The number of aromatic nitrogens is 2. The van der Waals surface area contributed by atoms with E-state index in [9.17, 15) is 4.79 Å². The Morgan fingerprint density at radius 3 is 2.78 bits per heavy atom. The Hall–Kier alpha value is -3.21. The standard InChI is InChI=1S/C18H13N3O2/c1-11-19-16-10-13(7-9-17(16)23-11)20-18(22)15-8-6-12-4-2-3-5-14(12)21-15/h2-10H,1H3,(H,20,22). The van der Waals surface area contributed by atoms with E-state index in [4.69, 9.17) is 4.42 Å². The molecule has 1 N–H and O–H groups in total. The zero-order chi connectivity index (χ0) is 15.8. The minimum absolute atomic E-state index is 0.254. The lowest BCUT2D eigenvalue weighted by Gasteiger charge is -2.05. The molecule has 2 heterocycles. The van der Waals surface area contributed by atoms with Crippen molar-refractivity contribution in [3.8, 4) is 0 Å². The van der Waals surface area contributed by atoms with E-state index < -0.39 is 0 Å². The maximum absolute atomic E-state index is 12.4. The van der Waals surface area contributed by atoms with E-state index in [0.29, 0.717) is 28.4 Å². The second-order valence-corrected chi connectivity index (χ2v) is 5.26. The van der Waals surface area contributed by atoms with Gasteiger partial charge in [0.1, 0.15) is 11.2 Å². The Labute approximate surface area is 132 Å². The topological polar surface area (TPSA) is 68.0 Å². The van der Waals surface area contributed by atoms with Crippen molar-refractivity contribution in [2.24, 2.45) is 0 Å². The average Bonchev–Trinajstić information content (AvgIpc) is 2.93. The maximum Gasteiger partial charge on any atom is 0.274 e. The first kappa shape index (κ1) is 13.5. The molecule has 23 heavy (non-hydrogen) atoms. The van der Waals surface area contributed by atoms with Gasteiger partial charge in [0.25, 0.3) is 5.91 Å². The number of pyridine rings is 1. The fraction of sp³-hybridized carbons (Fsp3) is 0.0556. The molecule has 5 nitrogen and oxygen atoms in total. The van der Waals surface area contributed by atoms with Crippen LogP contribution in [0.4, 0.5) is 5.69 Å². The van der Waals surface area contributed by atoms with Crippen LogP contribution in [-0.2, 0) is 0 Å². The lowest BCUT2D eigenvalue weighted by atomic mass is 10.2. The smallest absolute Gasteiger partial charge is 0.274 e. The van der Waals surface area contributed by atoms with Gasteiger partial charge in [-0.3, -0.25) is 4.79 Å². The van der Waals surface area contributed by atoms with Crippen LogP contribution in [0, 0.1) is 6.92 Å². The van der Waals surface area contributed by atoms with Gasteiger partial charge in [0, 0.05) is 18.0 Å². The van der Waals surface area contributed by atoms with Gasteiger partial charge in [-0.2, -0.15) is 0 Å². The SMILES string of the molecule is Cc1nc2cc(NC(=O)c3ccc4ccccc4n3)ccc2o1. The van der Waals surface area contributed by atoms with Gasteiger partial charge in [0.05, 0.1) is 5.52 Å². The Balaban J connectivity index is 1.64. The molecule has 0 spiro atoms. The summed E-state index contributed by atoms with van der Waals surface area (Å²) < 4.78 is 5.42. The molecule has 1 amide bonds. The van der Waals surface area contributed by atoms with E-state index in [1.807, 2.05) is 30.3 Å². The fourth-order valence-electron chi connectivity index (χ4n) is 2.51. The van der Waals surface area contributed by atoms with Gasteiger partial charge < -0.3 is 9.73 Å². The number of para-hydroxylation sites is 1. The number of nitrogens with one attached hydrogen (secondary N) is 1. The molecular weight excluding hydrogens is 290 g/mol. The highest BCUT2D eigenvalue weighted by atomic mass is 16.3.